The van der Waals surface area contributed by atoms with Crippen molar-refractivity contribution in [1.82, 2.24) is 24.8 Å². The second-order valence-corrected chi connectivity index (χ2v) is 10.1. The Balaban J connectivity index is 1.25. The minimum atomic E-state index is -0.806. The Bertz CT molecular complexity index is 1300. The molecule has 2 aliphatic rings. The third-order valence-corrected chi connectivity index (χ3v) is 7.67. The van der Waals surface area contributed by atoms with Gasteiger partial charge in [0.2, 0.25) is 5.95 Å². The highest BCUT2D eigenvalue weighted by molar-refractivity contribution is 7.18. The molecule has 2 fully saturated rings. The highest BCUT2D eigenvalue weighted by atomic mass is 32.1. The van der Waals surface area contributed by atoms with Crippen LogP contribution in [0.15, 0.2) is 53.7 Å². The first kappa shape index (κ1) is 22.9. The number of oxazole rings is 1. The molecule has 1 N–H and O–H groups in total. The summed E-state index contributed by atoms with van der Waals surface area (Å²) in [6.45, 7) is 5.24. The van der Waals surface area contributed by atoms with E-state index in [1.54, 1.807) is 18.6 Å². The zero-order valence-electron chi connectivity index (χ0n) is 20.0. The lowest BCUT2D eigenvalue weighted by atomic mass is 10.2. The molecule has 6 rings (SSSR count). The maximum absolute atomic E-state index is 13.7. The Kier molecular flexibility index (Phi) is 6.24. The summed E-state index contributed by atoms with van der Waals surface area (Å²) in [4.78, 5) is 25.5. The average Bonchev–Trinajstić information content (AvgIpc) is 3.67. The largest absolute Gasteiger partial charge is 0.443 e. The van der Waals surface area contributed by atoms with Gasteiger partial charge in [-0.15, -0.1) is 0 Å². The number of thiazole rings is 1. The van der Waals surface area contributed by atoms with Crippen LogP contribution in [0.2, 0.25) is 0 Å². The third-order valence-electron chi connectivity index (χ3n) is 6.61. The monoisotopic (exact) mass is 506 g/mol. The first-order valence-corrected chi connectivity index (χ1v) is 12.9. The molecule has 0 aliphatic carbocycles. The van der Waals surface area contributed by atoms with Crippen LogP contribution in [0.5, 0.6) is 0 Å². The van der Waals surface area contributed by atoms with Gasteiger partial charge in [0.25, 0.3) is 0 Å². The molecule has 3 aromatic heterocycles. The van der Waals surface area contributed by atoms with E-state index < -0.39 is 6.17 Å². The minimum absolute atomic E-state index is 0.378. The summed E-state index contributed by atoms with van der Waals surface area (Å²) < 4.78 is 19.3. The van der Waals surface area contributed by atoms with Gasteiger partial charge in [-0.05, 0) is 37.7 Å². The molecule has 36 heavy (non-hydrogen) atoms. The van der Waals surface area contributed by atoms with Crippen molar-refractivity contribution in [1.29, 1.82) is 0 Å². The van der Waals surface area contributed by atoms with Crippen LogP contribution in [0, 0.1) is 0 Å². The van der Waals surface area contributed by atoms with Gasteiger partial charge in [-0.1, -0.05) is 11.3 Å². The number of rotatable bonds is 6. The number of nitrogens with zero attached hydrogens (tertiary/aromatic N) is 7. The maximum atomic E-state index is 13.7. The fourth-order valence-electron chi connectivity index (χ4n) is 4.52. The Hall–Kier alpha value is -3.57. The molecule has 0 bridgehead atoms. The van der Waals surface area contributed by atoms with Crippen molar-refractivity contribution in [2.45, 2.75) is 12.6 Å². The van der Waals surface area contributed by atoms with Gasteiger partial charge in [-0.3, -0.25) is 0 Å². The number of halogens is 1. The van der Waals surface area contributed by atoms with E-state index in [0.717, 1.165) is 47.4 Å². The first-order chi connectivity index (χ1) is 17.6. The molecule has 4 aromatic rings. The topological polar surface area (TPSA) is 86.4 Å². The van der Waals surface area contributed by atoms with E-state index in [2.05, 4.69) is 49.2 Å². The van der Waals surface area contributed by atoms with Gasteiger partial charge in [-0.25, -0.2) is 24.3 Å². The molecule has 5 heterocycles. The lowest BCUT2D eigenvalue weighted by Crippen LogP contribution is -2.44. The fraction of sp³-hybridized carbons (Fsp3) is 0.360. The molecule has 0 amide bonds. The number of alkyl halides is 1. The highest BCUT2D eigenvalue weighted by Gasteiger charge is 2.25. The molecule has 0 radical (unpaired) electrons. The number of benzene rings is 1. The molecule has 9 nitrogen and oxygen atoms in total. The molecule has 1 unspecified atom stereocenters. The number of aromatic nitrogens is 4. The molecule has 2 saturated heterocycles. The van der Waals surface area contributed by atoms with Crippen molar-refractivity contribution >= 4 is 33.8 Å². The number of likely N-dealkylation sites (N-methyl/N-ethyl adjacent to an activating group) is 1. The second-order valence-electron chi connectivity index (χ2n) is 9.12. The van der Waals surface area contributed by atoms with Gasteiger partial charge in [0.1, 0.15) is 6.17 Å². The predicted molar refractivity (Wildman–Crippen MR) is 140 cm³/mol. The van der Waals surface area contributed by atoms with Crippen LogP contribution in [0.1, 0.15) is 6.42 Å². The SMILES string of the molecule is CN1CCN(c2ccc(Nc3ncc(-c4cnco4)c(-c4cnc(N5CCC(F)C5)s4)n3)cc2)CC1. The van der Waals surface area contributed by atoms with Crippen LogP contribution in [0.25, 0.3) is 21.9 Å². The molecule has 186 valence electrons. The second kappa shape index (κ2) is 9.82. The van der Waals surface area contributed by atoms with Gasteiger partial charge in [-0.2, -0.15) is 0 Å². The zero-order valence-corrected chi connectivity index (χ0v) is 20.8. The van der Waals surface area contributed by atoms with Crippen molar-refractivity contribution in [3.05, 3.63) is 49.2 Å². The van der Waals surface area contributed by atoms with Gasteiger partial charge in [0, 0.05) is 56.5 Å². The maximum Gasteiger partial charge on any atom is 0.227 e. The van der Waals surface area contributed by atoms with Crippen molar-refractivity contribution in [3.8, 4) is 21.9 Å². The Morgan fingerprint density at radius 3 is 2.56 bits per heavy atom. The van der Waals surface area contributed by atoms with Crippen LogP contribution in [-0.2, 0) is 0 Å². The summed E-state index contributed by atoms with van der Waals surface area (Å²) in [5.41, 5.74) is 3.54. The molecular weight excluding hydrogens is 479 g/mol. The van der Waals surface area contributed by atoms with Crippen LogP contribution in [-0.4, -0.2) is 77.3 Å². The number of hydrogen-bond donors (Lipinski definition) is 1. The number of nitrogens with one attached hydrogen (secondary N) is 1. The van der Waals surface area contributed by atoms with E-state index in [-0.39, 0.29) is 0 Å². The normalized spacial score (nSPS) is 18.7. The summed E-state index contributed by atoms with van der Waals surface area (Å²) in [5.74, 6) is 1.05. The quantitative estimate of drug-likeness (QED) is 0.411. The van der Waals surface area contributed by atoms with E-state index in [9.17, 15) is 4.39 Å². The molecular formula is C25H27FN8OS. The predicted octanol–water partition coefficient (Wildman–Crippen LogP) is 4.30. The molecule has 0 spiro atoms. The Morgan fingerprint density at radius 2 is 1.83 bits per heavy atom. The Labute approximate surface area is 212 Å². The van der Waals surface area contributed by atoms with E-state index in [1.807, 2.05) is 17.0 Å². The number of anilines is 4. The van der Waals surface area contributed by atoms with Crippen LogP contribution < -0.4 is 15.1 Å². The summed E-state index contributed by atoms with van der Waals surface area (Å²) in [6.07, 6.45) is 6.27. The van der Waals surface area contributed by atoms with E-state index in [0.29, 0.717) is 36.9 Å². The van der Waals surface area contributed by atoms with Gasteiger partial charge in [0.15, 0.2) is 17.3 Å². The minimum Gasteiger partial charge on any atom is -0.443 e. The highest BCUT2D eigenvalue weighted by Crippen LogP contribution is 2.37. The van der Waals surface area contributed by atoms with E-state index in [4.69, 9.17) is 9.40 Å². The number of piperazine rings is 1. The first-order valence-electron chi connectivity index (χ1n) is 12.0. The summed E-state index contributed by atoms with van der Waals surface area (Å²) >= 11 is 1.49. The summed E-state index contributed by atoms with van der Waals surface area (Å²) in [7, 11) is 2.16. The smallest absolute Gasteiger partial charge is 0.227 e. The van der Waals surface area contributed by atoms with E-state index >= 15 is 0 Å². The lowest BCUT2D eigenvalue weighted by Gasteiger charge is -2.34. The molecule has 0 saturated carbocycles. The fourth-order valence-corrected chi connectivity index (χ4v) is 5.47. The Morgan fingerprint density at radius 1 is 1.00 bits per heavy atom. The van der Waals surface area contributed by atoms with Crippen molar-refractivity contribution in [3.63, 3.8) is 0 Å². The van der Waals surface area contributed by atoms with Crippen LogP contribution in [0.4, 0.5) is 26.8 Å². The lowest BCUT2D eigenvalue weighted by molar-refractivity contribution is 0.313. The van der Waals surface area contributed by atoms with Crippen LogP contribution in [0.3, 0.4) is 0 Å². The van der Waals surface area contributed by atoms with Crippen molar-refractivity contribution in [2.24, 2.45) is 0 Å². The molecule has 1 atom stereocenters. The molecule has 1 aromatic carbocycles. The number of hydrogen-bond acceptors (Lipinski definition) is 10. The van der Waals surface area contributed by atoms with Crippen molar-refractivity contribution in [2.75, 3.05) is 61.4 Å². The van der Waals surface area contributed by atoms with Gasteiger partial charge in [0.05, 0.1) is 28.9 Å². The van der Waals surface area contributed by atoms with Gasteiger partial charge < -0.3 is 24.4 Å². The van der Waals surface area contributed by atoms with Crippen LogP contribution >= 0.6 is 11.3 Å². The van der Waals surface area contributed by atoms with E-state index in [1.165, 1.54) is 23.4 Å². The molecule has 2 aliphatic heterocycles. The average molecular weight is 507 g/mol. The summed E-state index contributed by atoms with van der Waals surface area (Å²) in [6, 6.07) is 8.35. The molecule has 11 heteroatoms. The third kappa shape index (κ3) is 4.76. The van der Waals surface area contributed by atoms with Crippen molar-refractivity contribution < 1.29 is 8.81 Å². The standard InChI is InChI=1S/C25H27FN8OS/c1-32-8-10-33(11-9-32)19-4-2-18(3-5-19)30-24-28-12-20(21-13-27-16-35-21)23(31-24)22-14-29-25(36-22)34-7-6-17(26)15-34/h2-5,12-14,16-17H,6-11,15H2,1H3,(H,28,30,31). The summed E-state index contributed by atoms with van der Waals surface area (Å²) in [5, 5.41) is 4.11. The van der Waals surface area contributed by atoms with Gasteiger partial charge >= 0.3 is 0 Å². The zero-order chi connectivity index (χ0) is 24.5.